The Morgan fingerprint density at radius 1 is 1.62 bits per heavy atom. The lowest BCUT2D eigenvalue weighted by Crippen LogP contribution is -2.28. The minimum atomic E-state index is -2.42. The molecule has 2 aromatic rings. The van der Waals surface area contributed by atoms with Gasteiger partial charge in [-0.15, -0.1) is 0 Å². The third-order valence-electron chi connectivity index (χ3n) is 3.39. The highest BCUT2D eigenvalue weighted by atomic mass is 16.6. The fourth-order valence-electron chi connectivity index (χ4n) is 2.39. The number of nitrogens with one attached hydrogen (secondary N) is 2. The summed E-state index contributed by atoms with van der Waals surface area (Å²) in [4.78, 5) is 15.0. The van der Waals surface area contributed by atoms with Gasteiger partial charge < -0.3 is 19.9 Å². The quantitative estimate of drug-likeness (QED) is 0.885. The topological polar surface area (TPSA) is 57.4 Å². The number of alkyl carbamates (subject to hydrolysis) is 1. The largest absolute Gasteiger partial charge is 0.447 e. The first-order chi connectivity index (χ1) is 12.5. The van der Waals surface area contributed by atoms with Crippen LogP contribution in [0.5, 0.6) is 0 Å². The molecule has 0 radical (unpaired) electrons. The predicted octanol–water partition coefficient (Wildman–Crippen LogP) is 1.92. The smallest absolute Gasteiger partial charge is 0.407 e. The van der Waals surface area contributed by atoms with Gasteiger partial charge in [0, 0.05) is 30.5 Å². The molecule has 2 heterocycles. The van der Waals surface area contributed by atoms with E-state index in [4.69, 9.17) is 13.0 Å². The highest BCUT2D eigenvalue weighted by Gasteiger charge is 2.22. The van der Waals surface area contributed by atoms with Crippen molar-refractivity contribution < 1.29 is 17.8 Å². The van der Waals surface area contributed by atoms with Crippen molar-refractivity contribution in [3.05, 3.63) is 35.5 Å². The Morgan fingerprint density at radius 2 is 2.52 bits per heavy atom. The maximum atomic E-state index is 11.2. The van der Waals surface area contributed by atoms with E-state index >= 15 is 0 Å². The maximum Gasteiger partial charge on any atom is 0.407 e. The highest BCUT2D eigenvalue weighted by Crippen LogP contribution is 2.21. The van der Waals surface area contributed by atoms with Gasteiger partial charge in [-0.1, -0.05) is 6.07 Å². The molecule has 0 spiro atoms. The third-order valence-corrected chi connectivity index (χ3v) is 3.39. The van der Waals surface area contributed by atoms with Crippen molar-refractivity contribution >= 4 is 17.0 Å². The summed E-state index contributed by atoms with van der Waals surface area (Å²) in [5.74, 6) is 0. The third kappa shape index (κ3) is 3.19. The number of ether oxygens (including phenoxy) is 1. The number of aromatic nitrogens is 1. The fourth-order valence-corrected chi connectivity index (χ4v) is 2.39. The number of hydrogen-bond donors (Lipinski definition) is 2. The van der Waals surface area contributed by atoms with Crippen molar-refractivity contribution in [2.24, 2.45) is 0 Å². The normalized spacial score (nSPS) is 23.7. The highest BCUT2D eigenvalue weighted by molar-refractivity contribution is 5.84. The molecule has 1 fully saturated rings. The first-order valence-corrected chi connectivity index (χ1v) is 6.73. The SMILES string of the molecule is [2H]c1[nH]c2ccc(C[C@H]3COC(=O)N3)cc2c1C([2H])([2H])CN(C)C([2H])([2H])[2H]. The molecule has 1 saturated heterocycles. The lowest BCUT2D eigenvalue weighted by atomic mass is 10.0. The Kier molecular flexibility index (Phi) is 2.32. The zero-order valence-electron chi connectivity index (χ0n) is 17.7. The molecule has 2 N–H and O–H groups in total. The molecule has 112 valence electrons. The monoisotopic (exact) mass is 293 g/mol. The van der Waals surface area contributed by atoms with Crippen molar-refractivity contribution in [2.75, 3.05) is 27.2 Å². The van der Waals surface area contributed by atoms with Crippen molar-refractivity contribution in [3.63, 3.8) is 0 Å². The number of cyclic esters (lactones) is 1. The van der Waals surface area contributed by atoms with Crippen LogP contribution in [0.1, 0.15) is 19.4 Å². The van der Waals surface area contributed by atoms with E-state index in [9.17, 15) is 4.79 Å². The van der Waals surface area contributed by atoms with Crippen molar-refractivity contribution in [1.82, 2.24) is 15.2 Å². The van der Waals surface area contributed by atoms with Gasteiger partial charge in [0.1, 0.15) is 6.61 Å². The molecule has 1 aromatic carbocycles. The summed E-state index contributed by atoms with van der Waals surface area (Å²) in [7, 11) is 1.33. The van der Waals surface area contributed by atoms with Crippen LogP contribution in [0.15, 0.2) is 24.4 Å². The Labute approximate surface area is 132 Å². The van der Waals surface area contributed by atoms with E-state index in [2.05, 4.69) is 10.3 Å². The Balaban J connectivity index is 1.93. The molecule has 3 rings (SSSR count). The van der Waals surface area contributed by atoms with Gasteiger partial charge in [0.05, 0.1) is 7.41 Å². The van der Waals surface area contributed by atoms with Crippen LogP contribution in [0.2, 0.25) is 0 Å². The number of nitrogens with zero attached hydrogens (tertiary/aromatic N) is 1. The van der Waals surface area contributed by atoms with Crippen LogP contribution in [0, 0.1) is 0 Å². The van der Waals surface area contributed by atoms with E-state index in [0.717, 1.165) is 10.5 Å². The van der Waals surface area contributed by atoms with Gasteiger partial charge in [0.25, 0.3) is 0 Å². The van der Waals surface area contributed by atoms with Gasteiger partial charge in [-0.2, -0.15) is 0 Å². The van der Waals surface area contributed by atoms with Gasteiger partial charge in [-0.05, 0) is 50.1 Å². The average molecular weight is 293 g/mol. The number of carbonyl (C=O) groups is 1. The summed E-state index contributed by atoms with van der Waals surface area (Å²) in [6, 6.07) is 5.22. The van der Waals surface area contributed by atoms with Crippen molar-refractivity contribution in [2.45, 2.75) is 18.8 Å². The van der Waals surface area contributed by atoms with Gasteiger partial charge in [0.2, 0.25) is 0 Å². The predicted molar refractivity (Wildman–Crippen MR) is 82.5 cm³/mol. The molecular weight excluding hydrogens is 266 g/mol. The molecule has 5 heteroatoms. The second-order valence-corrected chi connectivity index (χ2v) is 5.18. The minimum absolute atomic E-state index is 0.0800. The first kappa shape index (κ1) is 8.44. The number of rotatable bonds is 5. The van der Waals surface area contributed by atoms with E-state index in [1.54, 1.807) is 12.1 Å². The summed E-state index contributed by atoms with van der Waals surface area (Å²) < 4.78 is 52.1. The number of aromatic amines is 1. The molecule has 0 aliphatic carbocycles. The number of benzene rings is 1. The molecule has 1 atom stereocenters. The van der Waals surface area contributed by atoms with Crippen LogP contribution < -0.4 is 5.32 Å². The Bertz CT molecular complexity index is 864. The van der Waals surface area contributed by atoms with E-state index in [0.29, 0.717) is 17.3 Å². The molecule has 0 saturated carbocycles. The zero-order chi connectivity index (χ0) is 20.0. The standard InChI is InChI=1S/C16H21N3O2/c1-19(2)6-5-12-9-17-15-4-3-11(8-14(12)15)7-13-10-21-16(20)18-13/h3-4,8-9,13,17H,5-7,10H2,1-2H3,(H,18,20)/t13-/m0/s1/i1D3,5D2,9D. The lowest BCUT2D eigenvalue weighted by Gasteiger charge is -2.09. The van der Waals surface area contributed by atoms with E-state index in [-0.39, 0.29) is 30.9 Å². The number of amides is 1. The molecule has 1 amide bonds. The number of likely N-dealkylation sites (N-methyl/N-ethyl adjacent to an activating group) is 1. The second kappa shape index (κ2) is 5.77. The van der Waals surface area contributed by atoms with Crippen LogP contribution in [0.3, 0.4) is 0 Å². The van der Waals surface area contributed by atoms with Gasteiger partial charge in [-0.3, -0.25) is 0 Å². The fraction of sp³-hybridized carbons (Fsp3) is 0.438. The van der Waals surface area contributed by atoms with Gasteiger partial charge >= 0.3 is 6.09 Å². The average Bonchev–Trinajstić information content (AvgIpc) is 3.08. The summed E-state index contributed by atoms with van der Waals surface area (Å²) in [6.07, 6.45) is -2.07. The summed E-state index contributed by atoms with van der Waals surface area (Å²) in [5.41, 5.74) is 1.59. The van der Waals surface area contributed by atoms with Crippen molar-refractivity contribution in [3.8, 4) is 0 Å². The molecule has 0 bridgehead atoms. The summed E-state index contributed by atoms with van der Waals surface area (Å²) in [6.45, 7) is -2.53. The molecule has 1 aromatic heterocycles. The van der Waals surface area contributed by atoms with E-state index < -0.39 is 19.4 Å². The van der Waals surface area contributed by atoms with Crippen LogP contribution in [0.4, 0.5) is 4.79 Å². The lowest BCUT2D eigenvalue weighted by molar-refractivity contribution is 0.177. The molecule has 21 heavy (non-hydrogen) atoms. The number of hydrogen-bond acceptors (Lipinski definition) is 3. The molecule has 5 nitrogen and oxygen atoms in total. The number of carbonyl (C=O) groups excluding carboxylic acids is 1. The van der Waals surface area contributed by atoms with Crippen LogP contribution in [-0.4, -0.2) is 49.2 Å². The molecule has 0 unspecified atom stereocenters. The Hall–Kier alpha value is -2.01. The van der Waals surface area contributed by atoms with Crippen LogP contribution in [-0.2, 0) is 17.5 Å². The second-order valence-electron chi connectivity index (χ2n) is 5.18. The number of H-pyrrole nitrogens is 1. The molecular formula is C16H21N3O2. The minimum Gasteiger partial charge on any atom is -0.447 e. The first-order valence-electron chi connectivity index (χ1n) is 9.73. The molecule has 1 aliphatic rings. The number of fused-ring (bicyclic) bond motifs is 1. The molecule has 1 aliphatic heterocycles. The van der Waals surface area contributed by atoms with E-state index in [1.165, 1.54) is 7.05 Å². The Morgan fingerprint density at radius 3 is 3.29 bits per heavy atom. The van der Waals surface area contributed by atoms with Crippen LogP contribution >= 0.6 is 0 Å². The van der Waals surface area contributed by atoms with Gasteiger partial charge in [0.15, 0.2) is 0 Å². The van der Waals surface area contributed by atoms with Crippen LogP contribution in [0.25, 0.3) is 10.9 Å². The summed E-state index contributed by atoms with van der Waals surface area (Å²) in [5, 5.41) is 3.23. The zero-order valence-corrected chi connectivity index (χ0v) is 11.7. The van der Waals surface area contributed by atoms with E-state index in [1.807, 2.05) is 6.07 Å². The maximum absolute atomic E-state index is 11.2. The van der Waals surface area contributed by atoms with Crippen molar-refractivity contribution in [1.29, 1.82) is 0 Å². The summed E-state index contributed by atoms with van der Waals surface area (Å²) >= 11 is 0. The van der Waals surface area contributed by atoms with Gasteiger partial charge in [-0.25, -0.2) is 4.79 Å².